The van der Waals surface area contributed by atoms with Crippen LogP contribution in [0.1, 0.15) is 186 Å². The first-order valence-corrected chi connectivity index (χ1v) is 33.5. The lowest BCUT2D eigenvalue weighted by molar-refractivity contribution is -0.156. The van der Waals surface area contributed by atoms with Crippen LogP contribution < -0.4 is 42.5 Å². The van der Waals surface area contributed by atoms with Gasteiger partial charge < -0.3 is 39.4 Å². The number of hydrogen-bond donors (Lipinski definition) is 12. The largest absolute Gasteiger partial charge is 0.481 e. The number of esters is 4. The van der Waals surface area contributed by atoms with Crippen molar-refractivity contribution in [2.45, 2.75) is 268 Å². The summed E-state index contributed by atoms with van der Waals surface area (Å²) in [6.45, 7) is 18.8. The van der Waals surface area contributed by atoms with Gasteiger partial charge in [0.15, 0.2) is 0 Å². The van der Waals surface area contributed by atoms with Gasteiger partial charge in [0.05, 0.1) is 0 Å². The Bertz CT molecular complexity index is 3430. The molecule has 0 aliphatic heterocycles. The summed E-state index contributed by atoms with van der Waals surface area (Å²) in [7, 11) is 0. The molecule has 0 aromatic carbocycles. The zero-order valence-electron chi connectivity index (χ0n) is 63.6. The predicted molar refractivity (Wildman–Crippen MR) is 382 cm³/mol. The zero-order chi connectivity index (χ0) is 88.0. The molecule has 8 amide bonds. The van der Waals surface area contributed by atoms with Gasteiger partial charge in [-0.2, -0.15) is 0 Å². The third-order valence-electron chi connectivity index (χ3n) is 13.1. The molecule has 0 fully saturated rings. The molecule has 0 saturated heterocycles. The van der Waals surface area contributed by atoms with Gasteiger partial charge in [0.2, 0.25) is 47.3 Å². The van der Waals surface area contributed by atoms with Gasteiger partial charge in [-0.1, -0.05) is 40.9 Å². The highest BCUT2D eigenvalue weighted by atomic mass is 16.6. The average molecular weight is 1620 g/mol. The number of carbonyl (C=O) groups excluding carboxylic acids is 12. The summed E-state index contributed by atoms with van der Waals surface area (Å²) in [5.74, 6) is -27.5. The molecule has 12 N–H and O–H groups in total. The average Bonchev–Trinajstić information content (AvgIpc) is 0.808. The first-order valence-electron chi connectivity index (χ1n) is 33.5. The SMILES string of the molecule is CC(C)(C)OC(=O)CC[C@H](N=[N+]=[N-])C(=O)NC(NC(=O)[C@H](CCC(=O)OC(C)(C)C)N=[N+]=[N-])(NC(=O)[C@H](CCC(=O)OC(C)(C)C)N=[N+]=[N-])NC(=O)[C@H](CCC(=O)OC(C)(C)C)N=[N+]=[N-].[N-]=[N+]=N[C@@H](CCC(=O)O)C(=O)NC(NC(=O)[C@H](CCC(=O)O)N=[N+]=[N-])(NC(=O)[C@H](CCC(=O)O)N=[N+]=[N-])NC(=O)[C@H](CCC(=O)O)N=[N+]=[N-]. The maximum absolute atomic E-state index is 14.1. The zero-order valence-corrected chi connectivity index (χ0v) is 63.6. The van der Waals surface area contributed by atoms with Crippen LogP contribution >= 0.6 is 0 Å². The lowest BCUT2D eigenvalue weighted by Crippen LogP contribution is -2.80. The number of rotatable bonds is 48. The van der Waals surface area contributed by atoms with Crippen molar-refractivity contribution < 1.29 is 116 Å². The summed E-state index contributed by atoms with van der Waals surface area (Å²) in [6.07, 6.45) is -10.5. The van der Waals surface area contributed by atoms with E-state index in [-0.39, 0.29) is 0 Å². The van der Waals surface area contributed by atoms with Crippen LogP contribution in [0.25, 0.3) is 83.5 Å². The summed E-state index contributed by atoms with van der Waals surface area (Å²) in [5.41, 5.74) is 69.4. The molecule has 0 unspecified atom stereocenters. The number of nitrogens with zero attached hydrogens (tertiary/aromatic N) is 24. The lowest BCUT2D eigenvalue weighted by Gasteiger charge is -2.39. The smallest absolute Gasteiger partial charge is 0.306 e. The van der Waals surface area contributed by atoms with Crippen molar-refractivity contribution in [2.24, 2.45) is 40.9 Å². The van der Waals surface area contributed by atoms with Gasteiger partial charge in [-0.05, 0) is 179 Å². The monoisotopic (exact) mass is 1620 g/mol. The van der Waals surface area contributed by atoms with Gasteiger partial charge in [-0.15, -0.1) is 0 Å². The molecule has 0 spiro atoms. The first kappa shape index (κ1) is 102. The van der Waals surface area contributed by atoms with Crippen molar-refractivity contribution in [3.63, 3.8) is 0 Å². The van der Waals surface area contributed by atoms with E-state index in [2.05, 4.69) is 101 Å². The second-order valence-corrected chi connectivity index (χ2v) is 27.4. The molecular formula is C58H88N32O24. The fourth-order valence-corrected chi connectivity index (χ4v) is 8.58. The summed E-state index contributed by atoms with van der Waals surface area (Å²) < 4.78 is 21.0. The van der Waals surface area contributed by atoms with Crippen molar-refractivity contribution in [3.05, 3.63) is 83.5 Å². The molecule has 0 rings (SSSR count). The van der Waals surface area contributed by atoms with Crippen LogP contribution in [0.15, 0.2) is 40.9 Å². The molecule has 0 aliphatic rings. The fraction of sp³-hybridized carbons (Fsp3) is 0.724. The highest BCUT2D eigenvalue weighted by Gasteiger charge is 2.46. The Hall–Kier alpha value is -14.0. The van der Waals surface area contributed by atoms with Crippen LogP contribution in [-0.2, 0) is 95.7 Å². The van der Waals surface area contributed by atoms with E-state index in [0.29, 0.717) is 0 Å². The second-order valence-electron chi connectivity index (χ2n) is 27.4. The van der Waals surface area contributed by atoms with E-state index >= 15 is 0 Å². The Kier molecular flexibility index (Phi) is 44.7. The number of aliphatic carboxylic acids is 4. The maximum atomic E-state index is 14.1. The minimum absolute atomic E-state index is 0.538. The molecule has 56 heteroatoms. The normalized spacial score (nSPS) is 13.9. The molecule has 0 bridgehead atoms. The molecule has 0 saturated carbocycles. The van der Waals surface area contributed by atoms with E-state index in [1.165, 1.54) is 0 Å². The highest BCUT2D eigenvalue weighted by molar-refractivity contribution is 5.94. The summed E-state index contributed by atoms with van der Waals surface area (Å²) in [5, 5.41) is 78.3. The minimum Gasteiger partial charge on any atom is -0.481 e. The van der Waals surface area contributed by atoms with E-state index in [1.807, 2.05) is 21.3 Å². The van der Waals surface area contributed by atoms with Crippen molar-refractivity contribution in [1.29, 1.82) is 0 Å². The van der Waals surface area contributed by atoms with Crippen LogP contribution in [0.5, 0.6) is 0 Å². The molecule has 0 radical (unpaired) electrons. The molecular weight excluding hydrogens is 1530 g/mol. The highest BCUT2D eigenvalue weighted by Crippen LogP contribution is 2.20. The van der Waals surface area contributed by atoms with Gasteiger partial charge in [-0.3, -0.25) is 119 Å². The van der Waals surface area contributed by atoms with Crippen LogP contribution in [0.3, 0.4) is 0 Å². The number of nitrogens with one attached hydrogen (secondary N) is 8. The number of amides is 8. The fourth-order valence-electron chi connectivity index (χ4n) is 8.58. The van der Waals surface area contributed by atoms with Gasteiger partial charge in [0, 0.05) is 90.7 Å². The standard InChI is InChI=1S/C37H60N16O12.C21H28N16O12/c1-33(2,3)62-25(54)17-13-21(46-50-38)29(58)42-37(43-30(59)22(47-51-39)14-18-26(55)63-34(4,5)6,44-31(60)23(48-52-40)15-19-27(56)64-35(7,8)9)45-32(61)24(49-53-41)16-20-28(57)65-36(10,11)12;22-34-30-9(1-5-13(38)39)17(46)26-21(27-18(47)10(31-35-23)2-6-14(40)41,28-19(48)11(32-36-24)3-7-15(42)43)29-20(49)12(33-37-25)4-8-16(44)45/h21-24H,13-20H2,1-12H3,(H,42,58)(H,43,59)(H,44,60)(H,45,61);9-12H,1-8H2,(H,26,46)(H,27,47)(H,28,48)(H,29,49)(H,38,39)(H,40,41)(H,42,43)(H,44,45)/t21-,22-,23-,24-;9-,10-,11-,12-/m00/s1. The van der Waals surface area contributed by atoms with E-state index in [9.17, 15) is 98.8 Å². The summed E-state index contributed by atoms with van der Waals surface area (Å²) in [4.78, 5) is 225. The first-order chi connectivity index (χ1) is 52.8. The second kappa shape index (κ2) is 49.9. The molecule has 0 heterocycles. The lowest BCUT2D eigenvalue weighted by atomic mass is 10.1. The van der Waals surface area contributed by atoms with Gasteiger partial charge in [0.25, 0.3) is 11.8 Å². The Morgan fingerprint density at radius 2 is 0.360 bits per heavy atom. The van der Waals surface area contributed by atoms with Crippen LogP contribution in [0.4, 0.5) is 0 Å². The quantitative estimate of drug-likeness (QED) is 0.00893. The van der Waals surface area contributed by atoms with Crippen LogP contribution in [0, 0.1) is 0 Å². The van der Waals surface area contributed by atoms with Crippen molar-refractivity contribution in [1.82, 2.24) is 42.5 Å². The van der Waals surface area contributed by atoms with Crippen molar-refractivity contribution >= 4 is 95.0 Å². The summed E-state index contributed by atoms with van der Waals surface area (Å²) >= 11 is 0. The molecule has 624 valence electrons. The number of carboxylic acids is 4. The molecule has 0 aromatic rings. The maximum Gasteiger partial charge on any atom is 0.306 e. The van der Waals surface area contributed by atoms with Crippen LogP contribution in [0.2, 0.25) is 0 Å². The Balaban J connectivity index is 0. The molecule has 8 atom stereocenters. The number of azide groups is 8. The molecule has 56 nitrogen and oxygen atoms in total. The van der Waals surface area contributed by atoms with Crippen molar-refractivity contribution in [3.8, 4) is 0 Å². The van der Waals surface area contributed by atoms with Crippen LogP contribution in [-0.4, -0.2) is 198 Å². The number of hydrogen-bond acceptors (Lipinski definition) is 28. The van der Waals surface area contributed by atoms with Gasteiger partial charge in [0.1, 0.15) is 70.7 Å². The summed E-state index contributed by atoms with van der Waals surface area (Å²) in [6, 6.07) is -15.4. The van der Waals surface area contributed by atoms with Gasteiger partial charge >= 0.3 is 47.8 Å². The molecule has 114 heavy (non-hydrogen) atoms. The molecule has 0 aromatic heterocycles. The number of ether oxygens (including phenoxy) is 4. The van der Waals surface area contributed by atoms with Crippen molar-refractivity contribution in [2.75, 3.05) is 0 Å². The molecule has 0 aliphatic carbocycles. The number of carbonyl (C=O) groups is 16. The Morgan fingerprint density at radius 1 is 0.246 bits per heavy atom. The van der Waals surface area contributed by atoms with E-state index in [0.717, 1.165) is 0 Å². The third kappa shape index (κ3) is 45.7. The predicted octanol–water partition coefficient (Wildman–Crippen LogP) is 5.50. The Labute approximate surface area is 644 Å². The third-order valence-corrected chi connectivity index (χ3v) is 13.1. The number of carboxylic acid groups (broad SMARTS) is 4. The van der Waals surface area contributed by atoms with Gasteiger partial charge in [-0.25, -0.2) is 0 Å². The van der Waals surface area contributed by atoms with E-state index in [1.54, 1.807) is 83.1 Å². The minimum atomic E-state index is -3.26. The Morgan fingerprint density at radius 3 is 0.456 bits per heavy atom. The topological polar surface area (TPSA) is 877 Å². The van der Waals surface area contributed by atoms with E-state index < -0.39 is 280 Å². The van der Waals surface area contributed by atoms with E-state index in [4.69, 9.17) is 61.5 Å².